The molecule has 1 aliphatic heterocycles. The highest BCUT2D eigenvalue weighted by molar-refractivity contribution is 5.96. The minimum atomic E-state index is -0.0866. The summed E-state index contributed by atoms with van der Waals surface area (Å²) < 4.78 is 5.27. The summed E-state index contributed by atoms with van der Waals surface area (Å²) in [7, 11) is 0. The van der Waals surface area contributed by atoms with Crippen molar-refractivity contribution in [3.05, 3.63) is 42.5 Å². The van der Waals surface area contributed by atoms with E-state index < -0.39 is 0 Å². The lowest BCUT2D eigenvalue weighted by Gasteiger charge is -2.23. The molecule has 0 aromatic heterocycles. The van der Waals surface area contributed by atoms with Crippen LogP contribution in [0.1, 0.15) is 36.0 Å². The number of carbonyl (C=O) groups is 2. The summed E-state index contributed by atoms with van der Waals surface area (Å²) in [6, 6.07) is 7.10. The summed E-state index contributed by atoms with van der Waals surface area (Å²) in [5.74, 6) is -0.143. The first-order valence-electron chi connectivity index (χ1n) is 7.58. The molecule has 2 rings (SSSR count). The fourth-order valence-electron chi connectivity index (χ4n) is 2.27. The minimum absolute atomic E-state index is 0.0562. The van der Waals surface area contributed by atoms with Crippen molar-refractivity contribution in [2.75, 3.05) is 18.5 Å². The van der Waals surface area contributed by atoms with E-state index in [1.165, 1.54) is 0 Å². The summed E-state index contributed by atoms with van der Waals surface area (Å²) in [4.78, 5) is 23.7. The molecule has 1 aliphatic rings. The third kappa shape index (κ3) is 5.00. The molecule has 0 unspecified atom stereocenters. The fourth-order valence-corrected chi connectivity index (χ4v) is 2.27. The first-order chi connectivity index (χ1) is 10.7. The van der Waals surface area contributed by atoms with Crippen LogP contribution >= 0.6 is 0 Å². The largest absolute Gasteiger partial charge is 0.381 e. The third-order valence-electron chi connectivity index (χ3n) is 3.56. The molecule has 0 bridgehead atoms. The van der Waals surface area contributed by atoms with Gasteiger partial charge in [-0.15, -0.1) is 6.58 Å². The number of hydrogen-bond acceptors (Lipinski definition) is 3. The van der Waals surface area contributed by atoms with Crippen molar-refractivity contribution in [1.29, 1.82) is 0 Å². The first-order valence-corrected chi connectivity index (χ1v) is 7.58. The van der Waals surface area contributed by atoms with Gasteiger partial charge in [-0.2, -0.15) is 0 Å². The van der Waals surface area contributed by atoms with Crippen LogP contribution in [0.2, 0.25) is 0 Å². The van der Waals surface area contributed by atoms with Crippen molar-refractivity contribution in [3.63, 3.8) is 0 Å². The molecule has 22 heavy (non-hydrogen) atoms. The van der Waals surface area contributed by atoms with Gasteiger partial charge in [-0.3, -0.25) is 9.59 Å². The zero-order chi connectivity index (χ0) is 15.8. The van der Waals surface area contributed by atoms with E-state index in [0.717, 1.165) is 12.8 Å². The minimum Gasteiger partial charge on any atom is -0.381 e. The van der Waals surface area contributed by atoms with Gasteiger partial charge in [0.2, 0.25) is 5.91 Å². The second kappa shape index (κ2) is 8.34. The molecule has 0 saturated carbocycles. The van der Waals surface area contributed by atoms with E-state index in [0.29, 0.717) is 37.3 Å². The molecule has 0 aliphatic carbocycles. The maximum atomic E-state index is 12.1. The summed E-state index contributed by atoms with van der Waals surface area (Å²) in [5, 5.41) is 5.80. The SMILES string of the molecule is C=CCCC(=O)Nc1ccc(C(=O)NC2CCOCC2)cc1. The number of anilines is 1. The van der Waals surface area contributed by atoms with Gasteiger partial charge in [0.05, 0.1) is 0 Å². The summed E-state index contributed by atoms with van der Waals surface area (Å²) >= 11 is 0. The number of amides is 2. The summed E-state index contributed by atoms with van der Waals surface area (Å²) in [5.41, 5.74) is 1.28. The zero-order valence-corrected chi connectivity index (χ0v) is 12.6. The van der Waals surface area contributed by atoms with Gasteiger partial charge < -0.3 is 15.4 Å². The van der Waals surface area contributed by atoms with Gasteiger partial charge in [0.25, 0.3) is 5.91 Å². The maximum Gasteiger partial charge on any atom is 0.251 e. The van der Waals surface area contributed by atoms with Gasteiger partial charge >= 0.3 is 0 Å². The van der Waals surface area contributed by atoms with Crippen LogP contribution in [0.4, 0.5) is 5.69 Å². The van der Waals surface area contributed by atoms with Crippen LogP contribution in [0.3, 0.4) is 0 Å². The Kier molecular flexibility index (Phi) is 6.15. The number of rotatable bonds is 6. The molecule has 1 fully saturated rings. The van der Waals surface area contributed by atoms with E-state index in [2.05, 4.69) is 17.2 Å². The molecular formula is C17H22N2O3. The van der Waals surface area contributed by atoms with Crippen LogP contribution < -0.4 is 10.6 Å². The molecule has 2 amide bonds. The Labute approximate surface area is 130 Å². The van der Waals surface area contributed by atoms with Crippen LogP contribution in [0.15, 0.2) is 36.9 Å². The third-order valence-corrected chi connectivity index (χ3v) is 3.56. The highest BCUT2D eigenvalue weighted by atomic mass is 16.5. The molecule has 1 saturated heterocycles. The monoisotopic (exact) mass is 302 g/mol. The number of ether oxygens (including phenoxy) is 1. The van der Waals surface area contributed by atoms with E-state index >= 15 is 0 Å². The van der Waals surface area contributed by atoms with E-state index in [-0.39, 0.29) is 17.9 Å². The van der Waals surface area contributed by atoms with Crippen molar-refractivity contribution in [2.24, 2.45) is 0 Å². The van der Waals surface area contributed by atoms with E-state index in [9.17, 15) is 9.59 Å². The normalized spacial score (nSPS) is 15.1. The Morgan fingerprint density at radius 2 is 1.91 bits per heavy atom. The molecule has 5 nitrogen and oxygen atoms in total. The number of benzene rings is 1. The highest BCUT2D eigenvalue weighted by Gasteiger charge is 2.16. The Morgan fingerprint density at radius 1 is 1.23 bits per heavy atom. The molecule has 1 aromatic rings. The number of nitrogens with one attached hydrogen (secondary N) is 2. The van der Waals surface area contributed by atoms with Crippen molar-refractivity contribution in [1.82, 2.24) is 5.32 Å². The van der Waals surface area contributed by atoms with E-state index in [1.807, 2.05) is 0 Å². The van der Waals surface area contributed by atoms with Gasteiger partial charge in [-0.25, -0.2) is 0 Å². The lowest BCUT2D eigenvalue weighted by Crippen LogP contribution is -2.38. The molecule has 1 heterocycles. The Bertz CT molecular complexity index is 519. The predicted molar refractivity (Wildman–Crippen MR) is 85.8 cm³/mol. The average molecular weight is 302 g/mol. The number of allylic oxidation sites excluding steroid dienone is 1. The lowest BCUT2D eigenvalue weighted by atomic mass is 10.1. The topological polar surface area (TPSA) is 67.4 Å². The van der Waals surface area contributed by atoms with E-state index in [4.69, 9.17) is 4.74 Å². The molecule has 2 N–H and O–H groups in total. The van der Waals surface area contributed by atoms with E-state index in [1.54, 1.807) is 30.3 Å². The van der Waals surface area contributed by atoms with Crippen LogP contribution in [0, 0.1) is 0 Å². The smallest absolute Gasteiger partial charge is 0.251 e. The Morgan fingerprint density at radius 3 is 2.55 bits per heavy atom. The summed E-state index contributed by atoms with van der Waals surface area (Å²) in [6.07, 6.45) is 4.47. The Hall–Kier alpha value is -2.14. The molecule has 5 heteroatoms. The van der Waals surface area contributed by atoms with Crippen molar-refractivity contribution in [2.45, 2.75) is 31.7 Å². The standard InChI is InChI=1S/C17H22N2O3/c1-2-3-4-16(20)18-14-7-5-13(6-8-14)17(21)19-15-9-11-22-12-10-15/h2,5-8,15H,1,3-4,9-12H2,(H,18,20)(H,19,21). The zero-order valence-electron chi connectivity index (χ0n) is 12.6. The highest BCUT2D eigenvalue weighted by Crippen LogP contribution is 2.12. The molecule has 0 atom stereocenters. The van der Waals surface area contributed by atoms with Crippen LogP contribution in [-0.2, 0) is 9.53 Å². The van der Waals surface area contributed by atoms with Gasteiger partial charge in [0.15, 0.2) is 0 Å². The molecular weight excluding hydrogens is 280 g/mol. The molecule has 0 radical (unpaired) electrons. The first kappa shape index (κ1) is 16.2. The molecule has 1 aromatic carbocycles. The van der Waals surface area contributed by atoms with Crippen LogP contribution in [0.25, 0.3) is 0 Å². The Balaban J connectivity index is 1.86. The van der Waals surface area contributed by atoms with Gasteiger partial charge in [0, 0.05) is 36.9 Å². The molecule has 0 spiro atoms. The van der Waals surface area contributed by atoms with Crippen molar-refractivity contribution in [3.8, 4) is 0 Å². The predicted octanol–water partition coefficient (Wildman–Crippen LogP) is 2.50. The lowest BCUT2D eigenvalue weighted by molar-refractivity contribution is -0.116. The summed E-state index contributed by atoms with van der Waals surface area (Å²) in [6.45, 7) is 4.98. The van der Waals surface area contributed by atoms with Crippen LogP contribution in [0.5, 0.6) is 0 Å². The quantitative estimate of drug-likeness (QED) is 0.793. The van der Waals surface area contributed by atoms with Gasteiger partial charge in [0.1, 0.15) is 0 Å². The van der Waals surface area contributed by atoms with Gasteiger partial charge in [-0.05, 0) is 43.5 Å². The number of carbonyl (C=O) groups excluding carboxylic acids is 2. The van der Waals surface area contributed by atoms with Crippen LogP contribution in [-0.4, -0.2) is 31.1 Å². The second-order valence-electron chi connectivity index (χ2n) is 5.31. The maximum absolute atomic E-state index is 12.1. The molecule has 118 valence electrons. The second-order valence-corrected chi connectivity index (χ2v) is 5.31. The fraction of sp³-hybridized carbons (Fsp3) is 0.412. The average Bonchev–Trinajstić information content (AvgIpc) is 2.54. The number of hydrogen-bond donors (Lipinski definition) is 2. The van der Waals surface area contributed by atoms with Crippen molar-refractivity contribution < 1.29 is 14.3 Å². The van der Waals surface area contributed by atoms with Gasteiger partial charge in [-0.1, -0.05) is 6.08 Å². The van der Waals surface area contributed by atoms with Crippen molar-refractivity contribution >= 4 is 17.5 Å².